The molecule has 2 aromatic carbocycles. The average Bonchev–Trinajstić information content (AvgIpc) is 3.50. The largest absolute Gasteiger partial charge is 0.495 e. The summed E-state index contributed by atoms with van der Waals surface area (Å²) >= 11 is 0. The first-order chi connectivity index (χ1) is 13.4. The van der Waals surface area contributed by atoms with E-state index in [0.717, 1.165) is 18.4 Å². The van der Waals surface area contributed by atoms with Crippen molar-refractivity contribution in [3.8, 4) is 11.5 Å². The van der Waals surface area contributed by atoms with Crippen LogP contribution in [0.15, 0.2) is 47.4 Å². The van der Waals surface area contributed by atoms with Crippen LogP contribution in [-0.2, 0) is 21.4 Å². The van der Waals surface area contributed by atoms with E-state index in [2.05, 4.69) is 4.72 Å². The zero-order chi connectivity index (χ0) is 20.1. The summed E-state index contributed by atoms with van der Waals surface area (Å²) in [5.41, 5.74) is 0.861. The zero-order valence-electron chi connectivity index (χ0n) is 15.8. The van der Waals surface area contributed by atoms with Crippen LogP contribution in [0.1, 0.15) is 35.7 Å². The van der Waals surface area contributed by atoms with E-state index in [1.165, 1.54) is 25.3 Å². The lowest BCUT2D eigenvalue weighted by molar-refractivity contribution is 0.0469. The van der Waals surface area contributed by atoms with Gasteiger partial charge in [-0.05, 0) is 44.0 Å². The molecule has 0 bridgehead atoms. The van der Waals surface area contributed by atoms with Crippen LogP contribution in [-0.4, -0.2) is 34.1 Å². The molecule has 1 saturated carbocycles. The van der Waals surface area contributed by atoms with Crippen LogP contribution in [0, 0.1) is 0 Å². The van der Waals surface area contributed by atoms with Gasteiger partial charge in [0.05, 0.1) is 19.3 Å². The number of methoxy groups -OCH3 is 1. The van der Waals surface area contributed by atoms with E-state index in [1.807, 2.05) is 25.1 Å². The molecule has 8 heteroatoms. The molecule has 0 aliphatic heterocycles. The number of para-hydroxylation sites is 1. The van der Waals surface area contributed by atoms with Crippen LogP contribution in [0.4, 0.5) is 0 Å². The van der Waals surface area contributed by atoms with Crippen molar-refractivity contribution >= 4 is 16.0 Å². The SMILES string of the molecule is CCOc1ccccc1COC(=O)c1ccc(OC)c(S(=O)(=O)NC2CC2)c1. The minimum absolute atomic E-state index is 0.0173. The van der Waals surface area contributed by atoms with Crippen LogP contribution in [0.3, 0.4) is 0 Å². The number of esters is 1. The lowest BCUT2D eigenvalue weighted by atomic mass is 10.2. The smallest absolute Gasteiger partial charge is 0.338 e. The molecule has 1 aliphatic carbocycles. The number of hydrogen-bond acceptors (Lipinski definition) is 6. The zero-order valence-corrected chi connectivity index (χ0v) is 16.6. The number of rotatable bonds is 9. The quantitative estimate of drug-likeness (QED) is 0.645. The molecule has 0 heterocycles. The molecule has 0 saturated heterocycles. The van der Waals surface area contributed by atoms with E-state index in [9.17, 15) is 13.2 Å². The second-order valence-corrected chi connectivity index (χ2v) is 8.06. The van der Waals surface area contributed by atoms with E-state index in [4.69, 9.17) is 14.2 Å². The Morgan fingerprint density at radius 1 is 1.14 bits per heavy atom. The highest BCUT2D eigenvalue weighted by Gasteiger charge is 2.30. The summed E-state index contributed by atoms with van der Waals surface area (Å²) in [6.45, 7) is 2.39. The van der Waals surface area contributed by atoms with Gasteiger partial charge in [0.2, 0.25) is 10.0 Å². The lowest BCUT2D eigenvalue weighted by Gasteiger charge is -2.13. The van der Waals surface area contributed by atoms with Gasteiger partial charge in [-0.15, -0.1) is 0 Å². The van der Waals surface area contributed by atoms with Gasteiger partial charge in [0, 0.05) is 11.6 Å². The summed E-state index contributed by atoms with van der Waals surface area (Å²) in [6.07, 6.45) is 1.62. The first-order valence-corrected chi connectivity index (χ1v) is 10.5. The number of hydrogen-bond donors (Lipinski definition) is 1. The average molecular weight is 405 g/mol. The van der Waals surface area contributed by atoms with Crippen molar-refractivity contribution in [3.63, 3.8) is 0 Å². The predicted molar refractivity (Wildman–Crippen MR) is 103 cm³/mol. The highest BCUT2D eigenvalue weighted by Crippen LogP contribution is 2.29. The Labute approximate surface area is 164 Å². The van der Waals surface area contributed by atoms with Crippen molar-refractivity contribution < 1.29 is 27.4 Å². The molecule has 3 rings (SSSR count). The summed E-state index contributed by atoms with van der Waals surface area (Å²) in [5, 5.41) is 0. The van der Waals surface area contributed by atoms with Gasteiger partial charge in [0.15, 0.2) is 0 Å². The number of nitrogens with one attached hydrogen (secondary N) is 1. The summed E-state index contributed by atoms with van der Waals surface area (Å²) in [7, 11) is -2.40. The summed E-state index contributed by atoms with van der Waals surface area (Å²) in [4.78, 5) is 12.4. The monoisotopic (exact) mass is 405 g/mol. The summed E-state index contributed by atoms with van der Waals surface area (Å²) in [5.74, 6) is 0.188. The first-order valence-electron chi connectivity index (χ1n) is 9.02. The molecule has 0 spiro atoms. The third kappa shape index (κ3) is 4.82. The minimum Gasteiger partial charge on any atom is -0.495 e. The van der Waals surface area contributed by atoms with Crippen LogP contribution >= 0.6 is 0 Å². The fraction of sp³-hybridized carbons (Fsp3) is 0.350. The van der Waals surface area contributed by atoms with Crippen molar-refractivity contribution in [1.29, 1.82) is 0 Å². The molecule has 0 amide bonds. The van der Waals surface area contributed by atoms with Crippen LogP contribution in [0.2, 0.25) is 0 Å². The fourth-order valence-electron chi connectivity index (χ4n) is 2.64. The fourth-order valence-corrected chi connectivity index (χ4v) is 4.14. The molecule has 1 N–H and O–H groups in total. The van der Waals surface area contributed by atoms with Gasteiger partial charge in [-0.1, -0.05) is 18.2 Å². The van der Waals surface area contributed by atoms with E-state index in [0.29, 0.717) is 12.4 Å². The maximum absolute atomic E-state index is 12.6. The van der Waals surface area contributed by atoms with Gasteiger partial charge in [-0.2, -0.15) is 0 Å². The lowest BCUT2D eigenvalue weighted by Crippen LogP contribution is -2.26. The number of sulfonamides is 1. The standard InChI is InChI=1S/C20H23NO6S/c1-3-26-17-7-5-4-6-15(17)13-27-20(22)14-8-11-18(25-2)19(12-14)28(23,24)21-16-9-10-16/h4-8,11-12,16,21H,3,9-10,13H2,1-2H3. The molecule has 150 valence electrons. The normalized spacial score (nSPS) is 13.8. The Morgan fingerprint density at radius 2 is 1.89 bits per heavy atom. The van der Waals surface area contributed by atoms with Crippen molar-refractivity contribution in [2.75, 3.05) is 13.7 Å². The predicted octanol–water partition coefficient (Wildman–Crippen LogP) is 2.89. The van der Waals surface area contributed by atoms with Crippen LogP contribution in [0.5, 0.6) is 11.5 Å². The molecular formula is C20H23NO6S. The van der Waals surface area contributed by atoms with Gasteiger partial charge < -0.3 is 14.2 Å². The minimum atomic E-state index is -3.78. The second kappa shape index (κ2) is 8.62. The molecule has 0 radical (unpaired) electrons. The van der Waals surface area contributed by atoms with E-state index in [-0.39, 0.29) is 28.9 Å². The molecule has 7 nitrogen and oxygen atoms in total. The third-order valence-electron chi connectivity index (χ3n) is 4.22. The van der Waals surface area contributed by atoms with Gasteiger partial charge in [0.1, 0.15) is 23.0 Å². The van der Waals surface area contributed by atoms with E-state index >= 15 is 0 Å². The van der Waals surface area contributed by atoms with Crippen molar-refractivity contribution in [2.24, 2.45) is 0 Å². The second-order valence-electron chi connectivity index (χ2n) is 6.38. The number of benzene rings is 2. The van der Waals surface area contributed by atoms with Crippen molar-refractivity contribution in [1.82, 2.24) is 4.72 Å². The van der Waals surface area contributed by atoms with Crippen molar-refractivity contribution in [2.45, 2.75) is 37.3 Å². The Bertz CT molecular complexity index is 953. The molecule has 1 aliphatic rings. The van der Waals surface area contributed by atoms with Crippen LogP contribution in [0.25, 0.3) is 0 Å². The molecule has 0 atom stereocenters. The first kappa shape index (κ1) is 20.2. The molecule has 2 aromatic rings. The molecular weight excluding hydrogens is 382 g/mol. The Hall–Kier alpha value is -2.58. The highest BCUT2D eigenvalue weighted by atomic mass is 32.2. The Morgan fingerprint density at radius 3 is 2.57 bits per heavy atom. The maximum Gasteiger partial charge on any atom is 0.338 e. The van der Waals surface area contributed by atoms with Gasteiger partial charge in [-0.3, -0.25) is 0 Å². The molecule has 1 fully saturated rings. The third-order valence-corrected chi connectivity index (χ3v) is 5.76. The molecule has 28 heavy (non-hydrogen) atoms. The summed E-state index contributed by atoms with van der Waals surface area (Å²) in [6, 6.07) is 11.4. The van der Waals surface area contributed by atoms with Gasteiger partial charge in [-0.25, -0.2) is 17.9 Å². The van der Waals surface area contributed by atoms with Crippen molar-refractivity contribution in [3.05, 3.63) is 53.6 Å². The number of carbonyl (C=O) groups is 1. The van der Waals surface area contributed by atoms with Crippen LogP contribution < -0.4 is 14.2 Å². The topological polar surface area (TPSA) is 90.9 Å². The molecule has 0 unspecified atom stereocenters. The summed E-state index contributed by atoms with van der Waals surface area (Å²) < 4.78 is 43.8. The number of carbonyl (C=O) groups excluding carboxylic acids is 1. The number of ether oxygens (including phenoxy) is 3. The van der Waals surface area contributed by atoms with E-state index in [1.54, 1.807) is 6.07 Å². The van der Waals surface area contributed by atoms with Gasteiger partial charge >= 0.3 is 5.97 Å². The Balaban J connectivity index is 1.78. The Kier molecular flexibility index (Phi) is 6.21. The van der Waals surface area contributed by atoms with E-state index < -0.39 is 16.0 Å². The molecule has 0 aromatic heterocycles. The van der Waals surface area contributed by atoms with Gasteiger partial charge in [0.25, 0.3) is 0 Å². The maximum atomic E-state index is 12.6. The highest BCUT2D eigenvalue weighted by molar-refractivity contribution is 7.89.